The van der Waals surface area contributed by atoms with Gasteiger partial charge in [0.05, 0.1) is 17.9 Å². The SMILES string of the molecule is [C-]#[N+]/C(=C/c1ccc2c(c1)Sc1ccccc1N2CC(CC)CCCC)C(=O)O. The van der Waals surface area contributed by atoms with Crippen LogP contribution in [0.4, 0.5) is 11.4 Å². The van der Waals surface area contributed by atoms with Gasteiger partial charge in [-0.1, -0.05) is 63.1 Å². The van der Waals surface area contributed by atoms with Crippen molar-refractivity contribution in [3.05, 3.63) is 65.1 Å². The Bertz CT molecular complexity index is 962. The molecule has 0 amide bonds. The van der Waals surface area contributed by atoms with Gasteiger partial charge in [0.1, 0.15) is 0 Å². The highest BCUT2D eigenvalue weighted by molar-refractivity contribution is 7.99. The third-order valence-electron chi connectivity index (χ3n) is 5.28. The number of rotatable bonds is 8. The Morgan fingerprint density at radius 2 is 1.97 bits per heavy atom. The number of hydrogen-bond donors (Lipinski definition) is 1. The van der Waals surface area contributed by atoms with Crippen LogP contribution in [0.25, 0.3) is 10.9 Å². The van der Waals surface area contributed by atoms with E-state index in [1.54, 1.807) is 11.8 Å². The topological polar surface area (TPSA) is 44.9 Å². The zero-order chi connectivity index (χ0) is 20.8. The van der Waals surface area contributed by atoms with Crippen molar-refractivity contribution < 1.29 is 9.90 Å². The number of nitrogens with zero attached hydrogens (tertiary/aromatic N) is 2. The van der Waals surface area contributed by atoms with Crippen LogP contribution in [0.1, 0.15) is 45.1 Å². The van der Waals surface area contributed by atoms with Crippen LogP contribution in [-0.4, -0.2) is 17.6 Å². The molecule has 1 aliphatic heterocycles. The van der Waals surface area contributed by atoms with Gasteiger partial charge in [0, 0.05) is 16.3 Å². The monoisotopic (exact) mass is 406 g/mol. The standard InChI is InChI=1S/C24H26N2O2S/c1-4-6-9-17(5-2)16-26-20-10-7-8-11-22(20)29-23-15-18(12-13-21(23)26)14-19(25-3)24(27)28/h7-8,10-15,17H,4-6,9,16H2,1-2H3,(H,27,28)/b19-14+. The van der Waals surface area contributed by atoms with Gasteiger partial charge in [-0.05, 0) is 48.2 Å². The number of fused-ring (bicyclic) bond motifs is 2. The predicted octanol–water partition coefficient (Wildman–Crippen LogP) is 6.85. The van der Waals surface area contributed by atoms with E-state index < -0.39 is 5.97 Å². The molecular weight excluding hydrogens is 380 g/mol. The van der Waals surface area contributed by atoms with Crippen LogP contribution in [0.2, 0.25) is 0 Å². The summed E-state index contributed by atoms with van der Waals surface area (Å²) in [5.41, 5.74) is 2.85. The number of carboxylic acid groups (broad SMARTS) is 1. The largest absolute Gasteiger partial charge is 0.486 e. The van der Waals surface area contributed by atoms with Gasteiger partial charge in [0.25, 0.3) is 5.70 Å². The second kappa shape index (κ2) is 9.67. The first-order chi connectivity index (χ1) is 14.1. The van der Waals surface area contributed by atoms with E-state index in [0.29, 0.717) is 5.92 Å². The van der Waals surface area contributed by atoms with Crippen molar-refractivity contribution in [3.63, 3.8) is 0 Å². The summed E-state index contributed by atoms with van der Waals surface area (Å²) in [4.78, 5) is 19.0. The fourth-order valence-corrected chi connectivity index (χ4v) is 4.76. The zero-order valence-corrected chi connectivity index (χ0v) is 17.7. The van der Waals surface area contributed by atoms with Gasteiger partial charge in [-0.15, -0.1) is 0 Å². The molecule has 1 atom stereocenters. The van der Waals surface area contributed by atoms with E-state index in [-0.39, 0.29) is 5.70 Å². The molecular formula is C24H26N2O2S. The molecule has 1 aliphatic rings. The maximum Gasteiger partial charge on any atom is 0.333 e. The van der Waals surface area contributed by atoms with E-state index >= 15 is 0 Å². The average molecular weight is 407 g/mol. The molecule has 4 nitrogen and oxygen atoms in total. The van der Waals surface area contributed by atoms with Crippen molar-refractivity contribution >= 4 is 35.2 Å². The predicted molar refractivity (Wildman–Crippen MR) is 120 cm³/mol. The summed E-state index contributed by atoms with van der Waals surface area (Å²) in [5, 5.41) is 9.15. The molecule has 2 aromatic rings. The lowest BCUT2D eigenvalue weighted by Crippen LogP contribution is -2.27. The van der Waals surface area contributed by atoms with Gasteiger partial charge >= 0.3 is 5.97 Å². The number of unbranched alkanes of at least 4 members (excludes halogenated alkanes) is 1. The molecule has 1 heterocycles. The van der Waals surface area contributed by atoms with Crippen molar-refractivity contribution in [1.82, 2.24) is 0 Å². The van der Waals surface area contributed by atoms with Gasteiger partial charge in [0.2, 0.25) is 0 Å². The highest BCUT2D eigenvalue weighted by Gasteiger charge is 2.25. The Kier molecular flexibility index (Phi) is 7.00. The average Bonchev–Trinajstić information content (AvgIpc) is 2.73. The number of hydrogen-bond acceptors (Lipinski definition) is 3. The Labute approximate surface area is 177 Å². The molecule has 3 rings (SSSR count). The van der Waals surface area contributed by atoms with Gasteiger partial charge < -0.3 is 10.0 Å². The summed E-state index contributed by atoms with van der Waals surface area (Å²) < 4.78 is 0. The van der Waals surface area contributed by atoms with E-state index in [1.807, 2.05) is 12.1 Å². The van der Waals surface area contributed by atoms with Gasteiger partial charge in [-0.25, -0.2) is 4.85 Å². The minimum Gasteiger partial charge on any atom is -0.486 e. The van der Waals surface area contributed by atoms with E-state index in [9.17, 15) is 4.79 Å². The van der Waals surface area contributed by atoms with Crippen LogP contribution in [0.15, 0.2) is 58.0 Å². The van der Waals surface area contributed by atoms with Crippen molar-refractivity contribution in [3.8, 4) is 0 Å². The summed E-state index contributed by atoms with van der Waals surface area (Å²) in [6, 6.07) is 14.4. The Balaban J connectivity index is 1.99. The number of carbonyl (C=O) groups is 1. The summed E-state index contributed by atoms with van der Waals surface area (Å²) in [6.45, 7) is 12.5. The third-order valence-corrected chi connectivity index (χ3v) is 6.39. The van der Waals surface area contributed by atoms with Crippen LogP contribution < -0.4 is 4.90 Å². The molecule has 150 valence electrons. The van der Waals surface area contributed by atoms with E-state index in [1.165, 1.54) is 35.9 Å². The maximum atomic E-state index is 11.2. The molecule has 2 aromatic carbocycles. The van der Waals surface area contributed by atoms with Crippen LogP contribution in [-0.2, 0) is 4.79 Å². The lowest BCUT2D eigenvalue weighted by Gasteiger charge is -2.35. The number of anilines is 2. The number of benzene rings is 2. The summed E-state index contributed by atoms with van der Waals surface area (Å²) in [7, 11) is 0. The van der Waals surface area contributed by atoms with E-state index in [2.05, 4.69) is 53.9 Å². The first-order valence-electron chi connectivity index (χ1n) is 10.1. The van der Waals surface area contributed by atoms with Crippen molar-refractivity contribution in [2.45, 2.75) is 49.3 Å². The second-order valence-corrected chi connectivity index (χ2v) is 8.35. The number of aliphatic carboxylic acids is 1. The second-order valence-electron chi connectivity index (χ2n) is 7.27. The molecule has 1 unspecified atom stereocenters. The number of carboxylic acids is 1. The smallest absolute Gasteiger partial charge is 0.333 e. The molecule has 0 saturated carbocycles. The molecule has 0 saturated heterocycles. The fourth-order valence-electron chi connectivity index (χ4n) is 3.61. The van der Waals surface area contributed by atoms with Gasteiger partial charge in [-0.3, -0.25) is 4.79 Å². The lowest BCUT2D eigenvalue weighted by atomic mass is 9.98. The number of para-hydroxylation sites is 1. The van der Waals surface area contributed by atoms with Gasteiger partial charge in [-0.2, -0.15) is 0 Å². The Hall–Kier alpha value is -2.71. The van der Waals surface area contributed by atoms with Crippen molar-refractivity contribution in [2.24, 2.45) is 5.92 Å². The molecule has 0 radical (unpaired) electrons. The highest BCUT2D eigenvalue weighted by atomic mass is 32.2. The van der Waals surface area contributed by atoms with Crippen molar-refractivity contribution in [1.29, 1.82) is 0 Å². The summed E-state index contributed by atoms with van der Waals surface area (Å²) >= 11 is 1.70. The molecule has 1 N–H and O–H groups in total. The van der Waals surface area contributed by atoms with Crippen LogP contribution in [0, 0.1) is 12.5 Å². The Morgan fingerprint density at radius 1 is 1.21 bits per heavy atom. The molecule has 0 fully saturated rings. The van der Waals surface area contributed by atoms with E-state index in [0.717, 1.165) is 29.1 Å². The molecule has 29 heavy (non-hydrogen) atoms. The normalized spacial score (nSPS) is 14.0. The van der Waals surface area contributed by atoms with Crippen LogP contribution >= 0.6 is 11.8 Å². The minimum absolute atomic E-state index is 0.270. The first-order valence-corrected chi connectivity index (χ1v) is 10.9. The molecule has 0 bridgehead atoms. The first kappa shape index (κ1) is 21.0. The maximum absolute atomic E-state index is 11.2. The third kappa shape index (κ3) is 4.83. The minimum atomic E-state index is -1.20. The molecule has 5 heteroatoms. The molecule has 0 aliphatic carbocycles. The van der Waals surface area contributed by atoms with Crippen LogP contribution in [0.5, 0.6) is 0 Å². The highest BCUT2D eigenvalue weighted by Crippen LogP contribution is 2.48. The Morgan fingerprint density at radius 3 is 2.66 bits per heavy atom. The van der Waals surface area contributed by atoms with E-state index in [4.69, 9.17) is 11.7 Å². The summed E-state index contributed by atoms with van der Waals surface area (Å²) in [5.74, 6) is -0.571. The lowest BCUT2D eigenvalue weighted by molar-refractivity contribution is -0.132. The van der Waals surface area contributed by atoms with Crippen LogP contribution in [0.3, 0.4) is 0 Å². The molecule has 0 spiro atoms. The van der Waals surface area contributed by atoms with Gasteiger partial charge in [0.15, 0.2) is 0 Å². The molecule has 0 aromatic heterocycles. The summed E-state index contributed by atoms with van der Waals surface area (Å²) in [6.07, 6.45) is 6.27. The quantitative estimate of drug-likeness (QED) is 0.384. The van der Waals surface area contributed by atoms with Crippen molar-refractivity contribution in [2.75, 3.05) is 11.4 Å². The fraction of sp³-hybridized carbons (Fsp3) is 0.333. The zero-order valence-electron chi connectivity index (χ0n) is 16.9.